The lowest BCUT2D eigenvalue weighted by Crippen LogP contribution is -2.02. The Labute approximate surface area is 120 Å². The summed E-state index contributed by atoms with van der Waals surface area (Å²) in [7, 11) is -2.53. The van der Waals surface area contributed by atoms with Crippen LogP contribution in [0.5, 0.6) is 0 Å². The third-order valence-electron chi connectivity index (χ3n) is 2.87. The number of halogens is 1. The van der Waals surface area contributed by atoms with E-state index in [9.17, 15) is 13.2 Å². The SMILES string of the molecule is CC=CCCc1cc(C)c(C(=O)Cl)cc1C[SH](=O)=O. The molecule has 0 amide bonds. The van der Waals surface area contributed by atoms with Crippen molar-refractivity contribution in [2.24, 2.45) is 0 Å². The maximum atomic E-state index is 11.3. The zero-order valence-electron chi connectivity index (χ0n) is 11.0. The van der Waals surface area contributed by atoms with E-state index in [1.807, 2.05) is 25.1 Å². The molecule has 0 fully saturated rings. The van der Waals surface area contributed by atoms with E-state index in [4.69, 9.17) is 11.6 Å². The molecule has 5 heteroatoms. The lowest BCUT2D eigenvalue weighted by atomic mass is 9.97. The topological polar surface area (TPSA) is 51.2 Å². The van der Waals surface area contributed by atoms with E-state index in [1.54, 1.807) is 13.0 Å². The van der Waals surface area contributed by atoms with Gasteiger partial charge in [0.2, 0.25) is 0 Å². The molecule has 19 heavy (non-hydrogen) atoms. The number of aryl methyl sites for hydroxylation is 2. The molecular weight excluding hydrogens is 284 g/mol. The number of carbonyl (C=O) groups excluding carboxylic acids is 1. The standard InChI is InChI=1S/C14H17ClO3S/c1-3-4-5-6-11-7-10(2)13(14(15)16)8-12(11)9-19(17)18/h3-4,7-8,19H,5-6,9H2,1-2H3. The number of benzene rings is 1. The monoisotopic (exact) mass is 300 g/mol. The highest BCUT2D eigenvalue weighted by Crippen LogP contribution is 2.21. The quantitative estimate of drug-likeness (QED) is 0.499. The molecule has 0 saturated heterocycles. The van der Waals surface area contributed by atoms with Crippen molar-refractivity contribution in [3.05, 3.63) is 46.5 Å². The summed E-state index contributed by atoms with van der Waals surface area (Å²) in [5.41, 5.74) is 2.77. The summed E-state index contributed by atoms with van der Waals surface area (Å²) in [6.07, 6.45) is 5.57. The van der Waals surface area contributed by atoms with Gasteiger partial charge in [-0.1, -0.05) is 18.2 Å². The molecular formula is C14H17ClO3S. The molecule has 0 aliphatic rings. The maximum Gasteiger partial charge on any atom is 0.252 e. The second-order valence-electron chi connectivity index (χ2n) is 4.31. The molecule has 0 aromatic heterocycles. The van der Waals surface area contributed by atoms with Crippen molar-refractivity contribution < 1.29 is 13.2 Å². The summed E-state index contributed by atoms with van der Waals surface area (Å²) in [6.45, 7) is 3.74. The predicted molar refractivity (Wildman–Crippen MR) is 78.5 cm³/mol. The van der Waals surface area contributed by atoms with Gasteiger partial charge in [0.15, 0.2) is 0 Å². The minimum absolute atomic E-state index is 0.0576. The molecule has 104 valence electrons. The summed E-state index contributed by atoms with van der Waals surface area (Å²) >= 11 is 5.50. The second-order valence-corrected chi connectivity index (χ2v) is 5.63. The van der Waals surface area contributed by atoms with Gasteiger partial charge in [-0.3, -0.25) is 4.79 Å². The van der Waals surface area contributed by atoms with Crippen LogP contribution in [0, 0.1) is 6.92 Å². The van der Waals surface area contributed by atoms with Crippen LogP contribution in [0.15, 0.2) is 24.3 Å². The highest BCUT2D eigenvalue weighted by atomic mass is 35.5. The first kappa shape index (κ1) is 15.9. The van der Waals surface area contributed by atoms with Crippen LogP contribution >= 0.6 is 11.6 Å². The molecule has 1 aromatic carbocycles. The molecule has 0 bridgehead atoms. The Morgan fingerprint density at radius 2 is 2.00 bits per heavy atom. The fourth-order valence-corrected chi connectivity index (χ4v) is 2.72. The van der Waals surface area contributed by atoms with E-state index in [-0.39, 0.29) is 5.75 Å². The van der Waals surface area contributed by atoms with Crippen LogP contribution in [0.3, 0.4) is 0 Å². The Bertz CT molecular complexity index is 566. The summed E-state index contributed by atoms with van der Waals surface area (Å²) in [5, 5.41) is -0.556. The minimum Gasteiger partial charge on any atom is -0.276 e. The van der Waals surface area contributed by atoms with Gasteiger partial charge in [0.05, 0.1) is 5.75 Å². The Kier molecular flexibility index (Phi) is 6.25. The van der Waals surface area contributed by atoms with Crippen molar-refractivity contribution in [3.8, 4) is 0 Å². The normalized spacial score (nSPS) is 11.4. The van der Waals surface area contributed by atoms with Gasteiger partial charge in [0.1, 0.15) is 10.7 Å². The lowest BCUT2D eigenvalue weighted by Gasteiger charge is -2.10. The van der Waals surface area contributed by atoms with E-state index in [1.165, 1.54) is 0 Å². The Hall–Kier alpha value is -1.13. The van der Waals surface area contributed by atoms with Gasteiger partial charge in [-0.2, -0.15) is 0 Å². The van der Waals surface area contributed by atoms with Gasteiger partial charge in [0, 0.05) is 5.56 Å². The summed E-state index contributed by atoms with van der Waals surface area (Å²) in [6, 6.07) is 3.45. The van der Waals surface area contributed by atoms with Gasteiger partial charge in [-0.15, -0.1) is 0 Å². The molecule has 1 rings (SSSR count). The number of thiol groups is 1. The predicted octanol–water partition coefficient (Wildman–Crippen LogP) is 2.99. The van der Waals surface area contributed by atoms with E-state index in [2.05, 4.69) is 0 Å². The maximum absolute atomic E-state index is 11.3. The first-order chi connectivity index (χ1) is 8.95. The molecule has 0 saturated carbocycles. The number of allylic oxidation sites excluding steroid dienone is 2. The Morgan fingerprint density at radius 3 is 2.53 bits per heavy atom. The van der Waals surface area contributed by atoms with Crippen molar-refractivity contribution in [2.45, 2.75) is 32.4 Å². The highest BCUT2D eigenvalue weighted by molar-refractivity contribution is 7.71. The van der Waals surface area contributed by atoms with E-state index < -0.39 is 15.9 Å². The molecule has 0 heterocycles. The van der Waals surface area contributed by atoms with Gasteiger partial charge in [-0.05, 0) is 61.0 Å². The third kappa shape index (κ3) is 4.80. The van der Waals surface area contributed by atoms with Crippen LogP contribution in [0.1, 0.15) is 40.4 Å². The van der Waals surface area contributed by atoms with Crippen LogP contribution in [-0.2, 0) is 22.9 Å². The van der Waals surface area contributed by atoms with E-state index in [0.29, 0.717) is 11.1 Å². The Balaban J connectivity index is 3.19. The molecule has 3 nitrogen and oxygen atoms in total. The average molecular weight is 301 g/mol. The molecule has 0 unspecified atom stereocenters. The van der Waals surface area contributed by atoms with Crippen molar-refractivity contribution >= 4 is 27.5 Å². The molecule has 0 aliphatic carbocycles. The number of rotatable bonds is 6. The van der Waals surface area contributed by atoms with Crippen molar-refractivity contribution in [3.63, 3.8) is 0 Å². The summed E-state index contributed by atoms with van der Waals surface area (Å²) in [4.78, 5) is 11.3. The first-order valence-electron chi connectivity index (χ1n) is 6.01. The van der Waals surface area contributed by atoms with E-state index in [0.717, 1.165) is 24.0 Å². The first-order valence-corrected chi connectivity index (χ1v) is 7.75. The van der Waals surface area contributed by atoms with Crippen LogP contribution < -0.4 is 0 Å². The van der Waals surface area contributed by atoms with Gasteiger partial charge >= 0.3 is 0 Å². The van der Waals surface area contributed by atoms with Crippen LogP contribution in [0.2, 0.25) is 0 Å². The zero-order chi connectivity index (χ0) is 14.4. The Morgan fingerprint density at radius 1 is 1.32 bits per heavy atom. The van der Waals surface area contributed by atoms with Crippen molar-refractivity contribution in [1.29, 1.82) is 0 Å². The fraction of sp³-hybridized carbons (Fsp3) is 0.357. The smallest absolute Gasteiger partial charge is 0.252 e. The third-order valence-corrected chi connectivity index (χ3v) is 3.68. The van der Waals surface area contributed by atoms with Crippen LogP contribution in [0.4, 0.5) is 0 Å². The van der Waals surface area contributed by atoms with Gasteiger partial charge < -0.3 is 0 Å². The minimum atomic E-state index is -2.53. The van der Waals surface area contributed by atoms with Crippen LogP contribution in [-0.4, -0.2) is 13.7 Å². The molecule has 0 radical (unpaired) electrons. The molecule has 0 atom stereocenters. The average Bonchev–Trinajstić information content (AvgIpc) is 2.31. The highest BCUT2D eigenvalue weighted by Gasteiger charge is 2.12. The van der Waals surface area contributed by atoms with E-state index >= 15 is 0 Å². The molecule has 1 aromatic rings. The fourth-order valence-electron chi connectivity index (χ4n) is 1.95. The van der Waals surface area contributed by atoms with Crippen LogP contribution in [0.25, 0.3) is 0 Å². The largest absolute Gasteiger partial charge is 0.276 e. The molecule has 0 aliphatic heterocycles. The second kappa shape index (κ2) is 7.46. The van der Waals surface area contributed by atoms with Crippen molar-refractivity contribution in [2.75, 3.05) is 0 Å². The van der Waals surface area contributed by atoms with Gasteiger partial charge in [-0.25, -0.2) is 8.42 Å². The number of hydrogen-bond donors (Lipinski definition) is 1. The lowest BCUT2D eigenvalue weighted by molar-refractivity contribution is 0.108. The molecule has 0 spiro atoms. The zero-order valence-corrected chi connectivity index (χ0v) is 12.6. The van der Waals surface area contributed by atoms with Crippen molar-refractivity contribution in [1.82, 2.24) is 0 Å². The molecule has 0 N–H and O–H groups in total. The van der Waals surface area contributed by atoms with Gasteiger partial charge in [0.25, 0.3) is 5.24 Å². The summed E-state index contributed by atoms with van der Waals surface area (Å²) < 4.78 is 21.8. The number of hydrogen-bond acceptors (Lipinski definition) is 3. The summed E-state index contributed by atoms with van der Waals surface area (Å²) in [5.74, 6) is -0.0576. The number of carbonyl (C=O) groups is 1.